The number of fused-ring (bicyclic) bond motifs is 3. The number of hydrogen-bond acceptors (Lipinski definition) is 5. The number of pyridine rings is 2. The fraction of sp³-hybridized carbons (Fsp3) is 0.250. The van der Waals surface area contributed by atoms with Gasteiger partial charge >= 0.3 is 0 Å². The van der Waals surface area contributed by atoms with Gasteiger partial charge in [0.05, 0.1) is 11.7 Å². The van der Waals surface area contributed by atoms with Crippen LogP contribution in [0.4, 0.5) is 5.82 Å². The van der Waals surface area contributed by atoms with Crippen molar-refractivity contribution in [2.75, 3.05) is 25.9 Å². The maximum atomic E-state index is 6.34. The van der Waals surface area contributed by atoms with E-state index in [-0.39, 0.29) is 6.10 Å². The summed E-state index contributed by atoms with van der Waals surface area (Å²) in [6.45, 7) is 6.09. The molecule has 5 rings (SSSR count). The molecule has 0 radical (unpaired) electrons. The van der Waals surface area contributed by atoms with Crippen molar-refractivity contribution in [1.29, 1.82) is 0 Å². The molecular formula is C24H25N5O. The molecule has 6 heteroatoms. The lowest BCUT2D eigenvalue weighted by atomic mass is 10.0. The zero-order chi connectivity index (χ0) is 20.7. The fourth-order valence-corrected chi connectivity index (χ4v) is 4.12. The molecule has 152 valence electrons. The van der Waals surface area contributed by atoms with Gasteiger partial charge in [0, 0.05) is 35.6 Å². The summed E-state index contributed by atoms with van der Waals surface area (Å²) < 4.78 is 6.34. The molecule has 1 aliphatic heterocycles. The van der Waals surface area contributed by atoms with Crippen LogP contribution in [-0.2, 0) is 0 Å². The second-order valence-corrected chi connectivity index (χ2v) is 8.02. The number of aromatic amines is 1. The maximum Gasteiger partial charge on any atom is 0.138 e. The third-order valence-corrected chi connectivity index (χ3v) is 5.82. The maximum absolute atomic E-state index is 6.34. The summed E-state index contributed by atoms with van der Waals surface area (Å²) in [6, 6.07) is 10.3. The molecule has 0 atom stereocenters. The number of piperidine rings is 1. The van der Waals surface area contributed by atoms with Gasteiger partial charge in [-0.1, -0.05) is 12.7 Å². The quantitative estimate of drug-likeness (QED) is 0.529. The number of rotatable bonds is 4. The highest BCUT2D eigenvalue weighted by molar-refractivity contribution is 6.07. The molecule has 0 unspecified atom stereocenters. The highest BCUT2D eigenvalue weighted by Crippen LogP contribution is 2.32. The van der Waals surface area contributed by atoms with E-state index in [2.05, 4.69) is 57.7 Å². The number of ether oxygens (including phenoxy) is 1. The fourth-order valence-electron chi connectivity index (χ4n) is 4.12. The molecule has 3 aromatic heterocycles. The molecule has 30 heavy (non-hydrogen) atoms. The predicted molar refractivity (Wildman–Crippen MR) is 122 cm³/mol. The largest absolute Gasteiger partial charge is 0.490 e. The van der Waals surface area contributed by atoms with Crippen LogP contribution in [-0.4, -0.2) is 46.1 Å². The van der Waals surface area contributed by atoms with Crippen molar-refractivity contribution in [3.63, 3.8) is 0 Å². The minimum Gasteiger partial charge on any atom is -0.490 e. The highest BCUT2D eigenvalue weighted by Gasteiger charge is 2.18. The molecule has 6 nitrogen and oxygen atoms in total. The number of hydrogen-bond donors (Lipinski definition) is 2. The Kier molecular flexibility index (Phi) is 4.64. The second-order valence-electron chi connectivity index (χ2n) is 8.02. The highest BCUT2D eigenvalue weighted by atomic mass is 16.5. The van der Waals surface area contributed by atoms with Crippen molar-refractivity contribution >= 4 is 33.8 Å². The minimum atomic E-state index is 0.249. The summed E-state index contributed by atoms with van der Waals surface area (Å²) >= 11 is 0. The monoisotopic (exact) mass is 399 g/mol. The molecule has 3 N–H and O–H groups in total. The van der Waals surface area contributed by atoms with E-state index in [1.807, 2.05) is 18.3 Å². The van der Waals surface area contributed by atoms with Crippen LogP contribution in [0.2, 0.25) is 0 Å². The van der Waals surface area contributed by atoms with E-state index in [1.54, 1.807) is 6.20 Å². The summed E-state index contributed by atoms with van der Waals surface area (Å²) in [5.41, 5.74) is 10.8. The van der Waals surface area contributed by atoms with Crippen LogP contribution < -0.4 is 10.5 Å². The molecule has 4 heterocycles. The Morgan fingerprint density at radius 2 is 1.90 bits per heavy atom. The Hall–Kier alpha value is -3.38. The first-order valence-electron chi connectivity index (χ1n) is 10.2. The summed E-state index contributed by atoms with van der Waals surface area (Å²) in [5.74, 6) is 1.38. The van der Waals surface area contributed by atoms with Crippen LogP contribution in [0.3, 0.4) is 0 Å². The first kappa shape index (κ1) is 18.6. The van der Waals surface area contributed by atoms with Crippen molar-refractivity contribution in [3.05, 3.63) is 54.9 Å². The van der Waals surface area contributed by atoms with E-state index in [0.29, 0.717) is 5.82 Å². The normalized spacial score (nSPS) is 15.6. The number of nitrogens with zero attached hydrogens (tertiary/aromatic N) is 3. The van der Waals surface area contributed by atoms with E-state index in [1.165, 1.54) is 0 Å². The number of H-pyrrole nitrogens is 1. The van der Waals surface area contributed by atoms with Gasteiger partial charge < -0.3 is 20.4 Å². The van der Waals surface area contributed by atoms with Crippen molar-refractivity contribution in [2.45, 2.75) is 18.9 Å². The average Bonchev–Trinajstić information content (AvgIpc) is 3.12. The number of nitrogens with one attached hydrogen (secondary N) is 1. The van der Waals surface area contributed by atoms with Crippen LogP contribution in [0.15, 0.2) is 49.3 Å². The Balaban J connectivity index is 1.54. The first-order valence-corrected chi connectivity index (χ1v) is 10.2. The summed E-state index contributed by atoms with van der Waals surface area (Å²) in [5, 5.41) is 2.05. The lowest BCUT2D eigenvalue weighted by Gasteiger charge is -2.29. The van der Waals surface area contributed by atoms with E-state index in [4.69, 9.17) is 10.5 Å². The SMILES string of the molecule is C=Cc1cc(OC2CCN(C)CC2)cc(-c2cnc3[nH]c4cnc(N)cc4c3c2)c1. The van der Waals surface area contributed by atoms with E-state index in [0.717, 1.165) is 70.3 Å². The van der Waals surface area contributed by atoms with Crippen LogP contribution in [0, 0.1) is 0 Å². The Labute approximate surface area is 175 Å². The molecule has 1 aromatic carbocycles. The smallest absolute Gasteiger partial charge is 0.138 e. The second kappa shape index (κ2) is 7.46. The number of aromatic nitrogens is 3. The third-order valence-electron chi connectivity index (χ3n) is 5.82. The molecule has 0 amide bonds. The molecule has 0 bridgehead atoms. The minimum absolute atomic E-state index is 0.249. The van der Waals surface area contributed by atoms with Gasteiger partial charge in [-0.05, 0) is 61.3 Å². The zero-order valence-corrected chi connectivity index (χ0v) is 17.1. The van der Waals surface area contributed by atoms with Gasteiger partial charge in [0.1, 0.15) is 23.3 Å². The summed E-state index contributed by atoms with van der Waals surface area (Å²) in [6.07, 6.45) is 7.83. The molecule has 0 saturated carbocycles. The zero-order valence-electron chi connectivity index (χ0n) is 17.1. The molecule has 1 saturated heterocycles. The summed E-state index contributed by atoms with van der Waals surface area (Å²) in [4.78, 5) is 14.4. The van der Waals surface area contributed by atoms with Crippen molar-refractivity contribution in [2.24, 2.45) is 0 Å². The number of nitrogen functional groups attached to an aromatic ring is 1. The number of likely N-dealkylation sites (tertiary alicyclic amines) is 1. The molecule has 1 fully saturated rings. The van der Waals surface area contributed by atoms with Gasteiger partial charge in [-0.3, -0.25) is 0 Å². The van der Waals surface area contributed by atoms with E-state index >= 15 is 0 Å². The lowest BCUT2D eigenvalue weighted by molar-refractivity contribution is 0.114. The van der Waals surface area contributed by atoms with Crippen molar-refractivity contribution in [1.82, 2.24) is 19.9 Å². The van der Waals surface area contributed by atoms with Crippen LogP contribution in [0.5, 0.6) is 5.75 Å². The van der Waals surface area contributed by atoms with Gasteiger partial charge in [-0.15, -0.1) is 0 Å². The van der Waals surface area contributed by atoms with Crippen molar-refractivity contribution in [3.8, 4) is 16.9 Å². The van der Waals surface area contributed by atoms with Gasteiger partial charge in [0.2, 0.25) is 0 Å². The van der Waals surface area contributed by atoms with Crippen LogP contribution in [0.25, 0.3) is 39.1 Å². The van der Waals surface area contributed by atoms with Gasteiger partial charge in [0.15, 0.2) is 0 Å². The third kappa shape index (κ3) is 3.50. The number of nitrogens with two attached hydrogens (primary N) is 1. The first-order chi connectivity index (χ1) is 14.6. The van der Waals surface area contributed by atoms with E-state index < -0.39 is 0 Å². The lowest BCUT2D eigenvalue weighted by Crippen LogP contribution is -2.35. The van der Waals surface area contributed by atoms with Gasteiger partial charge in [-0.25, -0.2) is 9.97 Å². The van der Waals surface area contributed by atoms with Crippen LogP contribution in [0.1, 0.15) is 18.4 Å². The molecule has 4 aromatic rings. The average molecular weight is 399 g/mol. The standard InChI is InChI=1S/C24H25N5O/c1-3-15-8-16(10-19(9-15)30-18-4-6-29(2)7-5-18)17-11-21-20-12-23(25)26-14-22(20)28-24(21)27-13-17/h3,8-14,18H,1,4-7H2,2H3,(H2,25,26)(H,27,28). The van der Waals surface area contributed by atoms with E-state index in [9.17, 15) is 0 Å². The molecule has 0 aliphatic carbocycles. The Morgan fingerprint density at radius 3 is 2.70 bits per heavy atom. The van der Waals surface area contributed by atoms with Crippen LogP contribution >= 0.6 is 0 Å². The Morgan fingerprint density at radius 1 is 1.07 bits per heavy atom. The molecule has 0 spiro atoms. The number of anilines is 1. The predicted octanol–water partition coefficient (Wildman–Crippen LogP) is 4.48. The topological polar surface area (TPSA) is 80.1 Å². The van der Waals surface area contributed by atoms with Crippen molar-refractivity contribution < 1.29 is 4.74 Å². The molecule has 1 aliphatic rings. The Bertz CT molecular complexity index is 1240. The number of benzene rings is 1. The molecular weight excluding hydrogens is 374 g/mol. The van der Waals surface area contributed by atoms with Gasteiger partial charge in [0.25, 0.3) is 0 Å². The van der Waals surface area contributed by atoms with Gasteiger partial charge in [-0.2, -0.15) is 0 Å². The summed E-state index contributed by atoms with van der Waals surface area (Å²) in [7, 11) is 2.16.